The molecule has 1 aliphatic heterocycles. The summed E-state index contributed by atoms with van der Waals surface area (Å²) in [5, 5.41) is 3.47. The molecule has 0 radical (unpaired) electrons. The summed E-state index contributed by atoms with van der Waals surface area (Å²) in [4.78, 5) is 2.66. The monoisotopic (exact) mass is 268 g/mol. The molecule has 2 rings (SSSR count). The molecule has 102 valence electrons. The molecule has 1 aliphatic rings. The molecule has 1 N–H and O–H groups in total. The van der Waals surface area contributed by atoms with E-state index in [-0.39, 0.29) is 12.4 Å². The van der Waals surface area contributed by atoms with Crippen molar-refractivity contribution in [1.29, 1.82) is 0 Å². The van der Waals surface area contributed by atoms with Gasteiger partial charge in [-0.2, -0.15) is 0 Å². The first kappa shape index (κ1) is 15.5. The molecule has 3 heteroatoms. The number of benzene rings is 1. The average Bonchev–Trinajstić information content (AvgIpc) is 2.89. The van der Waals surface area contributed by atoms with Crippen molar-refractivity contribution in [3.63, 3.8) is 0 Å². The van der Waals surface area contributed by atoms with Crippen LogP contribution in [0.15, 0.2) is 30.3 Å². The smallest absolute Gasteiger partial charge is 0.0232 e. The molecule has 1 atom stereocenters. The Morgan fingerprint density at radius 3 is 2.61 bits per heavy atom. The van der Waals surface area contributed by atoms with Crippen molar-refractivity contribution in [2.24, 2.45) is 0 Å². The van der Waals surface area contributed by atoms with Gasteiger partial charge in [-0.1, -0.05) is 37.3 Å². The number of hydrogen-bond acceptors (Lipinski definition) is 2. The minimum atomic E-state index is 0. The third-order valence-electron chi connectivity index (χ3n) is 3.59. The quantitative estimate of drug-likeness (QED) is 0.854. The Balaban J connectivity index is 0.00000162. The summed E-state index contributed by atoms with van der Waals surface area (Å²) in [5.74, 6) is 0. The fraction of sp³-hybridized carbons (Fsp3) is 0.600. The third kappa shape index (κ3) is 4.60. The Labute approximate surface area is 117 Å². The Kier molecular flexibility index (Phi) is 7.33. The zero-order valence-corrected chi connectivity index (χ0v) is 12.1. The fourth-order valence-electron chi connectivity index (χ4n) is 2.63. The average molecular weight is 269 g/mol. The van der Waals surface area contributed by atoms with Crippen LogP contribution in [0.5, 0.6) is 0 Å². The lowest BCUT2D eigenvalue weighted by Gasteiger charge is -2.27. The van der Waals surface area contributed by atoms with Gasteiger partial charge < -0.3 is 5.32 Å². The minimum absolute atomic E-state index is 0. The molecule has 0 aliphatic carbocycles. The van der Waals surface area contributed by atoms with Crippen molar-refractivity contribution in [2.75, 3.05) is 26.2 Å². The summed E-state index contributed by atoms with van der Waals surface area (Å²) < 4.78 is 0. The van der Waals surface area contributed by atoms with Crippen LogP contribution in [0.25, 0.3) is 0 Å². The molecule has 1 saturated heterocycles. The van der Waals surface area contributed by atoms with Gasteiger partial charge in [0.05, 0.1) is 0 Å². The molecule has 0 amide bonds. The highest BCUT2D eigenvalue weighted by Gasteiger charge is 2.20. The van der Waals surface area contributed by atoms with Crippen molar-refractivity contribution in [1.82, 2.24) is 10.2 Å². The van der Waals surface area contributed by atoms with Crippen LogP contribution in [0.4, 0.5) is 0 Å². The number of nitrogens with zero attached hydrogens (tertiary/aromatic N) is 1. The van der Waals surface area contributed by atoms with Crippen molar-refractivity contribution in [2.45, 2.75) is 32.2 Å². The van der Waals surface area contributed by atoms with E-state index in [0.717, 1.165) is 6.04 Å². The van der Waals surface area contributed by atoms with Crippen LogP contribution in [0.1, 0.15) is 25.3 Å². The maximum absolute atomic E-state index is 3.47. The van der Waals surface area contributed by atoms with Crippen LogP contribution >= 0.6 is 12.4 Å². The number of nitrogens with one attached hydrogen (secondary N) is 1. The Morgan fingerprint density at radius 1 is 1.22 bits per heavy atom. The van der Waals surface area contributed by atoms with Gasteiger partial charge in [0.25, 0.3) is 0 Å². The van der Waals surface area contributed by atoms with Gasteiger partial charge in [-0.05, 0) is 37.9 Å². The van der Waals surface area contributed by atoms with Gasteiger partial charge >= 0.3 is 0 Å². The predicted molar refractivity (Wildman–Crippen MR) is 80.5 cm³/mol. The van der Waals surface area contributed by atoms with Gasteiger partial charge in [0.1, 0.15) is 0 Å². The van der Waals surface area contributed by atoms with Gasteiger partial charge in [-0.15, -0.1) is 12.4 Å². The summed E-state index contributed by atoms with van der Waals surface area (Å²) in [7, 11) is 0. The molecule has 1 fully saturated rings. The van der Waals surface area contributed by atoms with Crippen LogP contribution in [0.3, 0.4) is 0 Å². The van der Waals surface area contributed by atoms with E-state index in [4.69, 9.17) is 0 Å². The molecular weight excluding hydrogens is 244 g/mol. The van der Waals surface area contributed by atoms with Crippen LogP contribution in [-0.4, -0.2) is 37.1 Å². The first-order valence-electron chi connectivity index (χ1n) is 6.89. The largest absolute Gasteiger partial charge is 0.315 e. The maximum Gasteiger partial charge on any atom is 0.0232 e. The number of halogens is 1. The summed E-state index contributed by atoms with van der Waals surface area (Å²) in [5.41, 5.74) is 1.46. The molecule has 18 heavy (non-hydrogen) atoms. The van der Waals surface area contributed by atoms with Crippen LogP contribution < -0.4 is 5.32 Å². The first-order valence-corrected chi connectivity index (χ1v) is 6.89. The molecule has 0 aromatic heterocycles. The lowest BCUT2D eigenvalue weighted by atomic mass is 10.1. The maximum atomic E-state index is 3.47. The zero-order chi connectivity index (χ0) is 11.9. The molecule has 1 aromatic carbocycles. The summed E-state index contributed by atoms with van der Waals surface area (Å²) in [6.45, 7) is 7.08. The molecule has 2 nitrogen and oxygen atoms in total. The van der Waals surface area contributed by atoms with E-state index in [0.29, 0.717) is 0 Å². The zero-order valence-electron chi connectivity index (χ0n) is 11.3. The summed E-state index contributed by atoms with van der Waals surface area (Å²) in [6.07, 6.45) is 3.75. The topological polar surface area (TPSA) is 15.3 Å². The summed E-state index contributed by atoms with van der Waals surface area (Å²) >= 11 is 0. The molecule has 1 heterocycles. The summed E-state index contributed by atoms with van der Waals surface area (Å²) in [6, 6.07) is 11.6. The highest BCUT2D eigenvalue weighted by atomic mass is 35.5. The van der Waals surface area contributed by atoms with Crippen LogP contribution in [0, 0.1) is 0 Å². The van der Waals surface area contributed by atoms with Crippen LogP contribution in [0.2, 0.25) is 0 Å². The normalized spacial score (nSPS) is 18.9. The van der Waals surface area contributed by atoms with Gasteiger partial charge in [0.2, 0.25) is 0 Å². The predicted octanol–water partition coefficient (Wildman–Crippen LogP) is 2.72. The Bertz CT molecular complexity index is 310. The van der Waals surface area contributed by atoms with Crippen LogP contribution in [-0.2, 0) is 6.42 Å². The Morgan fingerprint density at radius 2 is 2.00 bits per heavy atom. The number of rotatable bonds is 6. The van der Waals surface area contributed by atoms with Gasteiger partial charge in [-0.3, -0.25) is 4.90 Å². The van der Waals surface area contributed by atoms with E-state index in [1.165, 1.54) is 51.0 Å². The standard InChI is InChI=1S/C15H24N2.ClH/c1-2-11-17(15-8-10-16-13-15)12-9-14-6-4-3-5-7-14;/h3-7,15-16H,2,8-13H2,1H3;1H. The molecule has 0 spiro atoms. The van der Waals surface area contributed by atoms with Crippen molar-refractivity contribution in [3.05, 3.63) is 35.9 Å². The fourth-order valence-corrected chi connectivity index (χ4v) is 2.63. The molecule has 0 saturated carbocycles. The van der Waals surface area contributed by atoms with E-state index in [9.17, 15) is 0 Å². The second-order valence-corrected chi connectivity index (χ2v) is 4.92. The van der Waals surface area contributed by atoms with Crippen molar-refractivity contribution in [3.8, 4) is 0 Å². The van der Waals surface area contributed by atoms with E-state index >= 15 is 0 Å². The van der Waals surface area contributed by atoms with Crippen molar-refractivity contribution >= 4 is 12.4 Å². The first-order chi connectivity index (χ1) is 8.40. The van der Waals surface area contributed by atoms with Gasteiger partial charge in [-0.25, -0.2) is 0 Å². The van der Waals surface area contributed by atoms with E-state index in [1.807, 2.05) is 0 Å². The van der Waals surface area contributed by atoms with Gasteiger partial charge in [0.15, 0.2) is 0 Å². The minimum Gasteiger partial charge on any atom is -0.315 e. The van der Waals surface area contributed by atoms with E-state index in [1.54, 1.807) is 0 Å². The molecule has 0 bridgehead atoms. The molecule has 1 aromatic rings. The number of hydrogen-bond donors (Lipinski definition) is 1. The lowest BCUT2D eigenvalue weighted by Crippen LogP contribution is -2.38. The second-order valence-electron chi connectivity index (χ2n) is 4.92. The molecular formula is C15H25ClN2. The SMILES string of the molecule is CCCN(CCc1ccccc1)C1CCNC1.Cl. The second kappa shape index (κ2) is 8.52. The highest BCUT2D eigenvalue weighted by Crippen LogP contribution is 2.11. The van der Waals surface area contributed by atoms with Crippen molar-refractivity contribution < 1.29 is 0 Å². The Hall–Kier alpha value is -0.570. The van der Waals surface area contributed by atoms with E-state index in [2.05, 4.69) is 47.5 Å². The highest BCUT2D eigenvalue weighted by molar-refractivity contribution is 5.85. The van der Waals surface area contributed by atoms with Gasteiger partial charge in [0, 0.05) is 19.1 Å². The third-order valence-corrected chi connectivity index (χ3v) is 3.59. The molecule has 1 unspecified atom stereocenters. The van der Waals surface area contributed by atoms with E-state index < -0.39 is 0 Å². The lowest BCUT2D eigenvalue weighted by molar-refractivity contribution is 0.211.